The molecule has 4 rings (SSSR count). The minimum Gasteiger partial charge on any atom is -0.493 e. The van der Waals surface area contributed by atoms with Crippen molar-refractivity contribution in [2.75, 3.05) is 26.6 Å². The van der Waals surface area contributed by atoms with Crippen LogP contribution in [0.25, 0.3) is 0 Å². The summed E-state index contributed by atoms with van der Waals surface area (Å²) in [6.07, 6.45) is 1.71. The van der Waals surface area contributed by atoms with Crippen LogP contribution in [0.15, 0.2) is 97.2 Å². The zero-order valence-corrected chi connectivity index (χ0v) is 20.0. The van der Waals surface area contributed by atoms with E-state index in [-0.39, 0.29) is 5.78 Å². The van der Waals surface area contributed by atoms with Gasteiger partial charge in [0.05, 0.1) is 33.3 Å². The molecule has 1 heterocycles. The fraction of sp³-hybridized carbons (Fsp3) is 0.172. The van der Waals surface area contributed by atoms with Gasteiger partial charge in [0.15, 0.2) is 17.3 Å². The van der Waals surface area contributed by atoms with Crippen LogP contribution in [0.4, 0.5) is 5.82 Å². The number of anilines is 1. The zero-order valence-electron chi connectivity index (χ0n) is 20.0. The predicted molar refractivity (Wildman–Crippen MR) is 137 cm³/mol. The molecule has 1 N–H and O–H groups in total. The Kier molecular flexibility index (Phi) is 7.63. The smallest absolute Gasteiger partial charge is 0.203 e. The molecule has 4 aromatic rings. The molecule has 178 valence electrons. The van der Waals surface area contributed by atoms with Gasteiger partial charge in [0.1, 0.15) is 5.82 Å². The number of hydrogen-bond acceptors (Lipinski definition) is 6. The molecule has 6 nitrogen and oxygen atoms in total. The summed E-state index contributed by atoms with van der Waals surface area (Å²) in [5.41, 5.74) is 2.30. The average molecular weight is 469 g/mol. The zero-order chi connectivity index (χ0) is 24.6. The topological polar surface area (TPSA) is 69.7 Å². The number of hydrogen-bond donors (Lipinski definition) is 1. The summed E-state index contributed by atoms with van der Waals surface area (Å²) < 4.78 is 16.8. The first-order chi connectivity index (χ1) is 17.2. The number of benzene rings is 3. The van der Waals surface area contributed by atoms with Crippen molar-refractivity contribution in [2.45, 2.75) is 12.0 Å². The van der Waals surface area contributed by atoms with Crippen molar-refractivity contribution in [3.63, 3.8) is 0 Å². The van der Waals surface area contributed by atoms with Gasteiger partial charge in [0, 0.05) is 11.8 Å². The van der Waals surface area contributed by atoms with Crippen LogP contribution in [-0.4, -0.2) is 32.1 Å². The lowest BCUT2D eigenvalue weighted by atomic mass is 9.81. The lowest BCUT2D eigenvalue weighted by molar-refractivity contribution is 0.0950. The van der Waals surface area contributed by atoms with E-state index in [1.807, 2.05) is 91.0 Å². The van der Waals surface area contributed by atoms with Crippen molar-refractivity contribution < 1.29 is 19.0 Å². The molecule has 0 unspecified atom stereocenters. The highest BCUT2D eigenvalue weighted by atomic mass is 16.5. The average Bonchev–Trinajstić information content (AvgIpc) is 2.93. The van der Waals surface area contributed by atoms with E-state index in [4.69, 9.17) is 14.2 Å². The largest absolute Gasteiger partial charge is 0.493 e. The summed E-state index contributed by atoms with van der Waals surface area (Å²) in [7, 11) is 4.72. The second-order valence-electron chi connectivity index (χ2n) is 7.91. The number of rotatable bonds is 10. The van der Waals surface area contributed by atoms with Gasteiger partial charge in [-0.25, -0.2) is 4.98 Å². The monoisotopic (exact) mass is 468 g/mol. The SMILES string of the molecule is COc1cc([C@H](Nc2ccccn2)[C@@H](C(=O)c2ccccc2)c2ccccc2)cc(OC)c1OC. The number of carbonyl (C=O) groups excluding carboxylic acids is 1. The van der Waals surface area contributed by atoms with Gasteiger partial charge in [-0.05, 0) is 35.4 Å². The molecule has 0 amide bonds. The van der Waals surface area contributed by atoms with E-state index in [9.17, 15) is 4.79 Å². The predicted octanol–water partition coefficient (Wildman–Crippen LogP) is 5.93. The molecule has 0 spiro atoms. The molecule has 0 radical (unpaired) electrons. The Morgan fingerprint density at radius 3 is 1.89 bits per heavy atom. The Morgan fingerprint density at radius 1 is 0.743 bits per heavy atom. The number of aromatic nitrogens is 1. The number of nitrogens with zero attached hydrogens (tertiary/aromatic N) is 1. The van der Waals surface area contributed by atoms with E-state index in [2.05, 4.69) is 10.3 Å². The van der Waals surface area contributed by atoms with Gasteiger partial charge < -0.3 is 19.5 Å². The number of methoxy groups -OCH3 is 3. The number of ketones is 1. The highest BCUT2D eigenvalue weighted by Crippen LogP contribution is 2.44. The van der Waals surface area contributed by atoms with Gasteiger partial charge in [-0.2, -0.15) is 0 Å². The highest BCUT2D eigenvalue weighted by Gasteiger charge is 2.33. The van der Waals surface area contributed by atoms with Gasteiger partial charge in [0.25, 0.3) is 0 Å². The normalized spacial score (nSPS) is 12.3. The first-order valence-electron chi connectivity index (χ1n) is 11.3. The summed E-state index contributed by atoms with van der Waals surface area (Å²) in [4.78, 5) is 18.5. The van der Waals surface area contributed by atoms with Gasteiger partial charge >= 0.3 is 0 Å². The molecule has 0 bridgehead atoms. The highest BCUT2D eigenvalue weighted by molar-refractivity contribution is 6.01. The summed E-state index contributed by atoms with van der Waals surface area (Å²) in [5, 5.41) is 3.50. The Balaban J connectivity index is 1.92. The molecule has 6 heteroatoms. The van der Waals surface area contributed by atoms with Crippen LogP contribution >= 0.6 is 0 Å². The van der Waals surface area contributed by atoms with E-state index in [1.54, 1.807) is 27.5 Å². The molecular formula is C29H28N2O4. The number of carbonyl (C=O) groups is 1. The number of Topliss-reactive ketones (excluding diaryl/α,β-unsaturated/α-hetero) is 1. The van der Waals surface area contributed by atoms with Gasteiger partial charge in [0.2, 0.25) is 5.75 Å². The van der Waals surface area contributed by atoms with Crippen molar-refractivity contribution >= 4 is 11.6 Å². The molecule has 3 aromatic carbocycles. The van der Waals surface area contributed by atoms with Gasteiger partial charge in [-0.1, -0.05) is 66.7 Å². The minimum atomic E-state index is -0.566. The number of nitrogens with one attached hydrogen (secondary N) is 1. The number of ether oxygens (including phenoxy) is 3. The molecule has 0 aliphatic carbocycles. The maximum absolute atomic E-state index is 14.0. The third-order valence-corrected chi connectivity index (χ3v) is 5.85. The van der Waals surface area contributed by atoms with Crippen LogP contribution < -0.4 is 19.5 Å². The van der Waals surface area contributed by atoms with Crippen molar-refractivity contribution in [3.05, 3.63) is 114 Å². The van der Waals surface area contributed by atoms with Crippen molar-refractivity contribution in [3.8, 4) is 17.2 Å². The maximum Gasteiger partial charge on any atom is 0.203 e. The Morgan fingerprint density at radius 2 is 1.34 bits per heavy atom. The molecule has 0 saturated carbocycles. The summed E-state index contributed by atoms with van der Waals surface area (Å²) in [6.45, 7) is 0. The maximum atomic E-state index is 14.0. The fourth-order valence-corrected chi connectivity index (χ4v) is 4.19. The van der Waals surface area contributed by atoms with Crippen LogP contribution in [0.5, 0.6) is 17.2 Å². The Hall–Kier alpha value is -4.32. The molecular weight excluding hydrogens is 440 g/mol. The Bertz CT molecular complexity index is 1220. The molecule has 0 saturated heterocycles. The molecule has 2 atom stereocenters. The van der Waals surface area contributed by atoms with Crippen LogP contribution in [0.3, 0.4) is 0 Å². The third kappa shape index (κ3) is 5.27. The Labute approximate surface area is 205 Å². The van der Waals surface area contributed by atoms with Crippen LogP contribution in [0, 0.1) is 0 Å². The van der Waals surface area contributed by atoms with Crippen LogP contribution in [0.2, 0.25) is 0 Å². The molecule has 0 fully saturated rings. The van der Waals surface area contributed by atoms with Crippen LogP contribution in [-0.2, 0) is 0 Å². The van der Waals surface area contributed by atoms with Crippen molar-refractivity contribution in [1.82, 2.24) is 4.98 Å². The summed E-state index contributed by atoms with van der Waals surface area (Å²) in [5.74, 6) is 1.57. The van der Waals surface area contributed by atoms with Gasteiger partial charge in [-0.15, -0.1) is 0 Å². The standard InChI is InChI=1S/C29H28N2O4/c1-33-23-18-22(19-24(34-2)29(23)35-3)27(31-25-16-10-11-17-30-25)26(20-12-6-4-7-13-20)28(32)21-14-8-5-9-15-21/h4-19,26-27H,1-3H3,(H,30,31)/t26-,27-/m0/s1. The minimum absolute atomic E-state index is 0.0148. The molecule has 35 heavy (non-hydrogen) atoms. The third-order valence-electron chi connectivity index (χ3n) is 5.85. The second-order valence-corrected chi connectivity index (χ2v) is 7.91. The summed E-state index contributed by atoms with van der Waals surface area (Å²) >= 11 is 0. The van der Waals surface area contributed by atoms with E-state index in [0.29, 0.717) is 28.6 Å². The summed E-state index contributed by atoms with van der Waals surface area (Å²) in [6, 6.07) is 27.9. The first kappa shape index (κ1) is 23.8. The molecule has 1 aromatic heterocycles. The number of pyridine rings is 1. The second kappa shape index (κ2) is 11.2. The van der Waals surface area contributed by atoms with Crippen molar-refractivity contribution in [2.24, 2.45) is 0 Å². The fourth-order valence-electron chi connectivity index (χ4n) is 4.19. The van der Waals surface area contributed by atoms with E-state index in [0.717, 1.165) is 11.1 Å². The first-order valence-corrected chi connectivity index (χ1v) is 11.3. The van der Waals surface area contributed by atoms with E-state index < -0.39 is 12.0 Å². The molecule has 0 aliphatic heterocycles. The molecule has 0 aliphatic rings. The van der Waals surface area contributed by atoms with E-state index >= 15 is 0 Å². The van der Waals surface area contributed by atoms with Crippen molar-refractivity contribution in [1.29, 1.82) is 0 Å². The lowest BCUT2D eigenvalue weighted by Gasteiger charge is -2.29. The lowest BCUT2D eigenvalue weighted by Crippen LogP contribution is -2.27. The van der Waals surface area contributed by atoms with E-state index in [1.165, 1.54) is 0 Å². The van der Waals surface area contributed by atoms with Gasteiger partial charge in [-0.3, -0.25) is 4.79 Å². The van der Waals surface area contributed by atoms with Crippen LogP contribution in [0.1, 0.15) is 33.4 Å². The quantitative estimate of drug-likeness (QED) is 0.291.